The summed E-state index contributed by atoms with van der Waals surface area (Å²) in [7, 11) is 1.82. The first-order valence-electron chi connectivity index (χ1n) is 8.97. The van der Waals surface area contributed by atoms with Gasteiger partial charge in [-0.05, 0) is 25.0 Å². The Hall–Kier alpha value is -2.96. The number of H-pyrrole nitrogens is 1. The summed E-state index contributed by atoms with van der Waals surface area (Å²) < 4.78 is 0. The monoisotopic (exact) mass is 350 g/mol. The van der Waals surface area contributed by atoms with Gasteiger partial charge >= 0.3 is 0 Å². The molecular formula is C19H22N6O. The summed E-state index contributed by atoms with van der Waals surface area (Å²) >= 11 is 0. The van der Waals surface area contributed by atoms with Gasteiger partial charge in [0.15, 0.2) is 0 Å². The molecule has 7 heteroatoms. The summed E-state index contributed by atoms with van der Waals surface area (Å²) in [4.78, 5) is 31.4. The fourth-order valence-corrected chi connectivity index (χ4v) is 3.53. The molecule has 1 fully saturated rings. The summed E-state index contributed by atoms with van der Waals surface area (Å²) in [6.07, 6.45) is 6.42. The van der Waals surface area contributed by atoms with Crippen molar-refractivity contribution in [3.05, 3.63) is 48.2 Å². The van der Waals surface area contributed by atoms with Gasteiger partial charge in [-0.2, -0.15) is 0 Å². The maximum absolute atomic E-state index is 12.8. The number of rotatable bonds is 5. The minimum atomic E-state index is 0.0129. The van der Waals surface area contributed by atoms with Crippen molar-refractivity contribution in [1.82, 2.24) is 24.8 Å². The van der Waals surface area contributed by atoms with Crippen molar-refractivity contribution in [3.8, 4) is 0 Å². The number of benzene rings is 1. The Morgan fingerprint density at radius 2 is 2.19 bits per heavy atom. The number of fused-ring (bicyclic) bond motifs is 1. The van der Waals surface area contributed by atoms with Gasteiger partial charge < -0.3 is 15.2 Å². The zero-order chi connectivity index (χ0) is 17.9. The third kappa shape index (κ3) is 3.24. The molecule has 0 aliphatic carbocycles. The van der Waals surface area contributed by atoms with E-state index in [2.05, 4.69) is 25.3 Å². The average Bonchev–Trinajstić information content (AvgIpc) is 3.32. The molecule has 1 atom stereocenters. The van der Waals surface area contributed by atoms with E-state index >= 15 is 0 Å². The lowest BCUT2D eigenvalue weighted by Crippen LogP contribution is -2.31. The molecule has 2 aromatic heterocycles. The van der Waals surface area contributed by atoms with E-state index in [-0.39, 0.29) is 11.9 Å². The molecule has 1 saturated heterocycles. The maximum Gasteiger partial charge on any atom is 0.223 e. The highest BCUT2D eigenvalue weighted by Gasteiger charge is 2.31. The summed E-state index contributed by atoms with van der Waals surface area (Å²) in [5, 5.41) is 3.00. The summed E-state index contributed by atoms with van der Waals surface area (Å²) in [5.41, 5.74) is 2.80. The lowest BCUT2D eigenvalue weighted by Gasteiger charge is -2.24. The van der Waals surface area contributed by atoms with Crippen LogP contribution in [0, 0.1) is 0 Å². The SMILES string of the molecule is CNc1cncc([C@@H]2CCCN2C(=O)CCc2nc3ccccc3[nH]2)n1. The molecule has 0 unspecified atom stereocenters. The number of hydrogen-bond donors (Lipinski definition) is 2. The Balaban J connectivity index is 1.44. The highest BCUT2D eigenvalue weighted by Crippen LogP contribution is 2.31. The van der Waals surface area contributed by atoms with Gasteiger partial charge in [0, 0.05) is 26.4 Å². The predicted molar refractivity (Wildman–Crippen MR) is 99.7 cm³/mol. The number of likely N-dealkylation sites (tertiary alicyclic amines) is 1. The smallest absolute Gasteiger partial charge is 0.223 e. The molecule has 7 nitrogen and oxygen atoms in total. The van der Waals surface area contributed by atoms with Crippen LogP contribution >= 0.6 is 0 Å². The molecule has 2 N–H and O–H groups in total. The van der Waals surface area contributed by atoms with E-state index in [1.807, 2.05) is 36.2 Å². The Morgan fingerprint density at radius 1 is 1.31 bits per heavy atom. The first-order chi connectivity index (χ1) is 12.7. The second-order valence-electron chi connectivity index (χ2n) is 6.52. The second kappa shape index (κ2) is 7.11. The van der Waals surface area contributed by atoms with Crippen LogP contribution in [0.1, 0.15) is 36.8 Å². The Labute approximate surface area is 151 Å². The summed E-state index contributed by atoms with van der Waals surface area (Å²) in [6, 6.07) is 7.93. The number of nitrogens with one attached hydrogen (secondary N) is 2. The van der Waals surface area contributed by atoms with Crippen LogP contribution < -0.4 is 5.32 Å². The first kappa shape index (κ1) is 16.5. The fraction of sp³-hybridized carbons (Fsp3) is 0.368. The molecule has 4 rings (SSSR count). The Bertz CT molecular complexity index is 888. The molecule has 26 heavy (non-hydrogen) atoms. The van der Waals surface area contributed by atoms with Gasteiger partial charge in [-0.15, -0.1) is 0 Å². The molecule has 3 heterocycles. The molecule has 0 radical (unpaired) electrons. The third-order valence-corrected chi connectivity index (χ3v) is 4.84. The van der Waals surface area contributed by atoms with Crippen LogP contribution in [0.2, 0.25) is 0 Å². The number of carbonyl (C=O) groups is 1. The van der Waals surface area contributed by atoms with Gasteiger partial charge in [-0.1, -0.05) is 12.1 Å². The lowest BCUT2D eigenvalue weighted by molar-refractivity contribution is -0.132. The zero-order valence-electron chi connectivity index (χ0n) is 14.8. The van der Waals surface area contributed by atoms with Crippen LogP contribution in [0.4, 0.5) is 5.82 Å². The number of anilines is 1. The number of amides is 1. The van der Waals surface area contributed by atoms with Gasteiger partial charge in [0.25, 0.3) is 0 Å². The molecule has 0 saturated carbocycles. The first-order valence-corrected chi connectivity index (χ1v) is 8.97. The number of carbonyl (C=O) groups excluding carboxylic acids is 1. The molecule has 1 aliphatic heterocycles. The van der Waals surface area contributed by atoms with Gasteiger partial charge in [0.2, 0.25) is 5.91 Å². The van der Waals surface area contributed by atoms with Crippen molar-refractivity contribution in [2.75, 3.05) is 18.9 Å². The van der Waals surface area contributed by atoms with Crippen LogP contribution in [0.15, 0.2) is 36.7 Å². The number of hydrogen-bond acceptors (Lipinski definition) is 5. The van der Waals surface area contributed by atoms with E-state index < -0.39 is 0 Å². The van der Waals surface area contributed by atoms with E-state index in [4.69, 9.17) is 0 Å². The van der Waals surface area contributed by atoms with Crippen LogP contribution in [0.3, 0.4) is 0 Å². The van der Waals surface area contributed by atoms with Gasteiger partial charge in [0.05, 0.1) is 35.2 Å². The molecule has 3 aromatic rings. The molecule has 0 spiro atoms. The number of para-hydroxylation sites is 2. The lowest BCUT2D eigenvalue weighted by atomic mass is 10.1. The van der Waals surface area contributed by atoms with Crippen molar-refractivity contribution in [2.45, 2.75) is 31.7 Å². The molecular weight excluding hydrogens is 328 g/mol. The Morgan fingerprint density at radius 3 is 3.04 bits per heavy atom. The van der Waals surface area contributed by atoms with Crippen molar-refractivity contribution in [1.29, 1.82) is 0 Å². The number of nitrogens with zero attached hydrogens (tertiary/aromatic N) is 4. The molecule has 1 aliphatic rings. The topological polar surface area (TPSA) is 86.8 Å². The third-order valence-electron chi connectivity index (χ3n) is 4.84. The summed E-state index contributed by atoms with van der Waals surface area (Å²) in [6.45, 7) is 0.773. The van der Waals surface area contributed by atoms with E-state index in [9.17, 15) is 4.79 Å². The highest BCUT2D eigenvalue weighted by atomic mass is 16.2. The molecule has 134 valence electrons. The summed E-state index contributed by atoms with van der Waals surface area (Å²) in [5.74, 6) is 1.72. The average molecular weight is 350 g/mol. The number of aromatic nitrogens is 4. The fourth-order valence-electron chi connectivity index (χ4n) is 3.53. The van der Waals surface area contributed by atoms with E-state index in [1.54, 1.807) is 12.4 Å². The zero-order valence-corrected chi connectivity index (χ0v) is 14.8. The van der Waals surface area contributed by atoms with Gasteiger partial charge in [-0.3, -0.25) is 9.78 Å². The predicted octanol–water partition coefficient (Wildman–Crippen LogP) is 2.69. The molecule has 1 amide bonds. The second-order valence-corrected chi connectivity index (χ2v) is 6.52. The van der Waals surface area contributed by atoms with E-state index in [0.29, 0.717) is 12.8 Å². The normalized spacial score (nSPS) is 17.0. The van der Waals surface area contributed by atoms with Gasteiger partial charge in [0.1, 0.15) is 11.6 Å². The Kier molecular flexibility index (Phi) is 4.51. The number of aromatic amines is 1. The van der Waals surface area contributed by atoms with Crippen LogP contribution in [-0.4, -0.2) is 44.3 Å². The maximum atomic E-state index is 12.8. The van der Waals surface area contributed by atoms with Crippen LogP contribution in [0.25, 0.3) is 11.0 Å². The van der Waals surface area contributed by atoms with Crippen molar-refractivity contribution in [2.24, 2.45) is 0 Å². The highest BCUT2D eigenvalue weighted by molar-refractivity contribution is 5.78. The quantitative estimate of drug-likeness (QED) is 0.739. The van der Waals surface area contributed by atoms with Crippen molar-refractivity contribution >= 4 is 22.8 Å². The number of aryl methyl sites for hydroxylation is 1. The largest absolute Gasteiger partial charge is 0.372 e. The van der Waals surface area contributed by atoms with Crippen LogP contribution in [0.5, 0.6) is 0 Å². The van der Waals surface area contributed by atoms with E-state index in [1.165, 1.54) is 0 Å². The minimum absolute atomic E-state index is 0.0129. The molecule has 0 bridgehead atoms. The van der Waals surface area contributed by atoms with Crippen molar-refractivity contribution in [3.63, 3.8) is 0 Å². The van der Waals surface area contributed by atoms with Gasteiger partial charge in [-0.25, -0.2) is 9.97 Å². The minimum Gasteiger partial charge on any atom is -0.372 e. The van der Waals surface area contributed by atoms with E-state index in [0.717, 1.165) is 47.8 Å². The molecule has 1 aromatic carbocycles. The van der Waals surface area contributed by atoms with Crippen molar-refractivity contribution < 1.29 is 4.79 Å². The number of imidazole rings is 1. The standard InChI is InChI=1S/C19H22N6O/c1-20-18-12-21-11-15(24-18)16-7-4-10-25(16)19(26)9-8-17-22-13-5-2-3-6-14(13)23-17/h2-3,5-6,11-12,16H,4,7-10H2,1H3,(H,20,24)(H,22,23)/t16-/m0/s1. The van der Waals surface area contributed by atoms with Crippen LogP contribution in [-0.2, 0) is 11.2 Å².